The lowest BCUT2D eigenvalue weighted by Crippen LogP contribution is -2.34. The third kappa shape index (κ3) is 5.11. The van der Waals surface area contributed by atoms with E-state index in [2.05, 4.69) is 59.8 Å². The highest BCUT2D eigenvalue weighted by Gasteiger charge is 2.37. The number of unbranched alkanes of at least 4 members (excludes halogenated alkanes) is 2. The van der Waals surface area contributed by atoms with Gasteiger partial charge in [0.2, 0.25) is 0 Å². The minimum absolute atomic E-state index is 0.185. The van der Waals surface area contributed by atoms with Gasteiger partial charge < -0.3 is 5.11 Å². The molecule has 0 bridgehead atoms. The molecule has 0 atom stereocenters. The van der Waals surface area contributed by atoms with Crippen LogP contribution in [-0.4, -0.2) is 11.1 Å². The molecule has 2 heteroatoms. The third-order valence-electron chi connectivity index (χ3n) is 7.09. The molecule has 31 heavy (non-hydrogen) atoms. The lowest BCUT2D eigenvalue weighted by Gasteiger charge is -2.42. The normalized spacial score (nSPS) is 17.3. The van der Waals surface area contributed by atoms with Gasteiger partial charge in [-0.3, -0.25) is 0 Å². The van der Waals surface area contributed by atoms with Crippen LogP contribution in [0.5, 0.6) is 0 Å². The molecular formula is C29H38O2. The summed E-state index contributed by atoms with van der Waals surface area (Å²) >= 11 is 0. The van der Waals surface area contributed by atoms with Crippen molar-refractivity contribution in [1.29, 1.82) is 0 Å². The Kier molecular flexibility index (Phi) is 6.79. The third-order valence-corrected chi connectivity index (χ3v) is 7.09. The van der Waals surface area contributed by atoms with E-state index < -0.39 is 5.97 Å². The Labute approximate surface area is 188 Å². The van der Waals surface area contributed by atoms with Crippen LogP contribution in [0, 0.1) is 0 Å². The average molecular weight is 419 g/mol. The number of rotatable bonds is 7. The van der Waals surface area contributed by atoms with Crippen molar-refractivity contribution in [1.82, 2.24) is 0 Å². The summed E-state index contributed by atoms with van der Waals surface area (Å²) in [6.45, 7) is 14.0. The summed E-state index contributed by atoms with van der Waals surface area (Å²) in [5, 5.41) is 9.16. The van der Waals surface area contributed by atoms with E-state index in [1.807, 2.05) is 12.1 Å². The number of carbonyl (C=O) groups is 1. The molecule has 1 aliphatic carbocycles. The maximum atomic E-state index is 11.2. The number of allylic oxidation sites excluding steroid dienone is 1. The molecule has 3 rings (SSSR count). The molecule has 0 saturated carbocycles. The molecule has 0 aliphatic heterocycles. The molecular weight excluding hydrogens is 380 g/mol. The van der Waals surface area contributed by atoms with E-state index in [-0.39, 0.29) is 10.8 Å². The number of aryl methyl sites for hydroxylation is 1. The van der Waals surface area contributed by atoms with E-state index in [4.69, 9.17) is 5.11 Å². The fourth-order valence-corrected chi connectivity index (χ4v) is 4.85. The molecule has 0 saturated heterocycles. The highest BCUT2D eigenvalue weighted by atomic mass is 16.4. The van der Waals surface area contributed by atoms with Crippen LogP contribution in [0.15, 0.2) is 36.4 Å². The van der Waals surface area contributed by atoms with Gasteiger partial charge >= 0.3 is 5.97 Å². The van der Waals surface area contributed by atoms with Crippen molar-refractivity contribution in [3.63, 3.8) is 0 Å². The van der Waals surface area contributed by atoms with Crippen LogP contribution in [-0.2, 0) is 17.3 Å². The van der Waals surface area contributed by atoms with Gasteiger partial charge in [-0.05, 0) is 89.0 Å². The highest BCUT2D eigenvalue weighted by Crippen LogP contribution is 2.47. The van der Waals surface area contributed by atoms with Crippen molar-refractivity contribution in [2.45, 2.75) is 90.9 Å². The summed E-state index contributed by atoms with van der Waals surface area (Å²) in [4.78, 5) is 11.2. The largest absolute Gasteiger partial charge is 0.478 e. The van der Waals surface area contributed by atoms with E-state index in [1.54, 1.807) is 12.1 Å². The standard InChI is InChI=1S/C29H38O2/c1-7-8-9-10-23-18-25-26(29(5,6)16-15-28(25,3)4)19-24(23)20(2)17-21-11-13-22(14-12-21)27(30)31/h11-14,17-19H,7-10,15-16H2,1-6H3,(H,30,31)/b20-17+. The first kappa shape index (κ1) is 23.3. The van der Waals surface area contributed by atoms with Gasteiger partial charge in [0.15, 0.2) is 0 Å². The van der Waals surface area contributed by atoms with Crippen molar-refractivity contribution in [3.8, 4) is 0 Å². The quantitative estimate of drug-likeness (QED) is 0.365. The van der Waals surface area contributed by atoms with Crippen LogP contribution in [0.3, 0.4) is 0 Å². The highest BCUT2D eigenvalue weighted by molar-refractivity contribution is 5.88. The Balaban J connectivity index is 2.09. The second kappa shape index (κ2) is 9.02. The smallest absolute Gasteiger partial charge is 0.335 e. The topological polar surface area (TPSA) is 37.3 Å². The molecule has 0 radical (unpaired) electrons. The van der Waals surface area contributed by atoms with Gasteiger partial charge in [0.1, 0.15) is 0 Å². The maximum Gasteiger partial charge on any atom is 0.335 e. The molecule has 1 N–H and O–H groups in total. The number of carboxylic acid groups (broad SMARTS) is 1. The Morgan fingerprint density at radius 1 is 0.968 bits per heavy atom. The van der Waals surface area contributed by atoms with Gasteiger partial charge in [-0.2, -0.15) is 0 Å². The predicted octanol–water partition coefficient (Wildman–Crippen LogP) is 8.03. The minimum Gasteiger partial charge on any atom is -0.478 e. The van der Waals surface area contributed by atoms with Crippen molar-refractivity contribution in [2.24, 2.45) is 0 Å². The molecule has 0 heterocycles. The second-order valence-corrected chi connectivity index (χ2v) is 10.5. The van der Waals surface area contributed by atoms with Gasteiger partial charge in [0.25, 0.3) is 0 Å². The summed E-state index contributed by atoms with van der Waals surface area (Å²) in [7, 11) is 0. The minimum atomic E-state index is -0.884. The summed E-state index contributed by atoms with van der Waals surface area (Å²) in [6.07, 6.45) is 9.43. The summed E-state index contributed by atoms with van der Waals surface area (Å²) < 4.78 is 0. The maximum absolute atomic E-state index is 11.2. The van der Waals surface area contributed by atoms with Crippen molar-refractivity contribution in [3.05, 3.63) is 69.8 Å². The number of fused-ring (bicyclic) bond motifs is 1. The molecule has 2 aromatic carbocycles. The van der Waals surface area contributed by atoms with Crippen LogP contribution in [0.1, 0.15) is 112 Å². The summed E-state index contributed by atoms with van der Waals surface area (Å²) in [6, 6.07) is 12.1. The summed E-state index contributed by atoms with van der Waals surface area (Å²) in [5.41, 5.74) is 8.84. The molecule has 0 aromatic heterocycles. The van der Waals surface area contributed by atoms with E-state index >= 15 is 0 Å². The van der Waals surface area contributed by atoms with E-state index in [9.17, 15) is 4.79 Å². The van der Waals surface area contributed by atoms with Crippen LogP contribution in [0.2, 0.25) is 0 Å². The zero-order chi connectivity index (χ0) is 22.8. The van der Waals surface area contributed by atoms with Crippen molar-refractivity contribution < 1.29 is 9.90 Å². The fourth-order valence-electron chi connectivity index (χ4n) is 4.85. The van der Waals surface area contributed by atoms with Crippen LogP contribution >= 0.6 is 0 Å². The SMILES string of the molecule is CCCCCc1cc2c(cc1/C(C)=C/c1ccc(C(=O)O)cc1)C(C)(C)CCC2(C)C. The first-order valence-electron chi connectivity index (χ1n) is 11.7. The predicted molar refractivity (Wildman–Crippen MR) is 132 cm³/mol. The molecule has 2 nitrogen and oxygen atoms in total. The fraction of sp³-hybridized carbons (Fsp3) is 0.483. The molecule has 0 spiro atoms. The second-order valence-electron chi connectivity index (χ2n) is 10.5. The Morgan fingerprint density at radius 2 is 1.55 bits per heavy atom. The number of hydrogen-bond donors (Lipinski definition) is 1. The van der Waals surface area contributed by atoms with E-state index in [0.717, 1.165) is 12.0 Å². The first-order valence-corrected chi connectivity index (χ1v) is 11.7. The number of hydrogen-bond acceptors (Lipinski definition) is 1. The summed E-state index contributed by atoms with van der Waals surface area (Å²) in [5.74, 6) is -0.884. The number of benzene rings is 2. The Hall–Kier alpha value is -2.35. The average Bonchev–Trinajstić information content (AvgIpc) is 2.71. The first-order chi connectivity index (χ1) is 14.5. The lowest BCUT2D eigenvalue weighted by molar-refractivity contribution is 0.0697. The zero-order valence-corrected chi connectivity index (χ0v) is 20.1. The van der Waals surface area contributed by atoms with Gasteiger partial charge in [0, 0.05) is 0 Å². The van der Waals surface area contributed by atoms with Crippen LogP contribution < -0.4 is 0 Å². The molecule has 0 unspecified atom stereocenters. The van der Waals surface area contributed by atoms with Crippen molar-refractivity contribution >= 4 is 17.6 Å². The van der Waals surface area contributed by atoms with Gasteiger partial charge in [-0.1, -0.05) is 77.8 Å². The van der Waals surface area contributed by atoms with Crippen LogP contribution in [0.25, 0.3) is 11.6 Å². The molecule has 166 valence electrons. The zero-order valence-electron chi connectivity index (χ0n) is 20.1. The molecule has 0 fully saturated rings. The Bertz CT molecular complexity index is 975. The number of aromatic carboxylic acids is 1. The Morgan fingerprint density at radius 3 is 2.10 bits per heavy atom. The monoisotopic (exact) mass is 418 g/mol. The van der Waals surface area contributed by atoms with E-state index in [1.165, 1.54) is 59.9 Å². The molecule has 0 amide bonds. The number of carboxylic acids is 1. The molecule has 1 aliphatic rings. The van der Waals surface area contributed by atoms with Gasteiger partial charge in [0.05, 0.1) is 5.56 Å². The van der Waals surface area contributed by atoms with E-state index in [0.29, 0.717) is 5.56 Å². The van der Waals surface area contributed by atoms with Crippen molar-refractivity contribution in [2.75, 3.05) is 0 Å². The van der Waals surface area contributed by atoms with Gasteiger partial charge in [-0.15, -0.1) is 0 Å². The van der Waals surface area contributed by atoms with Crippen LogP contribution in [0.4, 0.5) is 0 Å². The molecule has 2 aromatic rings. The lowest BCUT2D eigenvalue weighted by atomic mass is 9.62. The van der Waals surface area contributed by atoms with Gasteiger partial charge in [-0.25, -0.2) is 4.79 Å².